The lowest BCUT2D eigenvalue weighted by atomic mass is 10.1. The van der Waals surface area contributed by atoms with E-state index in [0.717, 1.165) is 0 Å². The molecule has 14 heavy (non-hydrogen) atoms. The first-order valence-electron chi connectivity index (χ1n) is 3.84. The maximum Gasteiger partial charge on any atom is 0.339 e. The maximum absolute atomic E-state index is 10.6. The van der Waals surface area contributed by atoms with Crippen molar-refractivity contribution in [1.82, 2.24) is 0 Å². The lowest BCUT2D eigenvalue weighted by Gasteiger charge is -2.07. The van der Waals surface area contributed by atoms with E-state index in [4.69, 9.17) is 15.9 Å². The van der Waals surface area contributed by atoms with Crippen molar-refractivity contribution >= 4 is 18.4 Å². The van der Waals surface area contributed by atoms with Gasteiger partial charge in [-0.15, -0.1) is 12.4 Å². The number of benzene rings is 1. The number of rotatable bonds is 2. The summed E-state index contributed by atoms with van der Waals surface area (Å²) in [4.78, 5) is 10.6. The molecule has 0 heterocycles. The van der Waals surface area contributed by atoms with Gasteiger partial charge in [-0.25, -0.2) is 4.79 Å². The molecule has 0 aliphatic heterocycles. The Kier molecular flexibility index (Phi) is 4.40. The Bertz CT molecular complexity index is 339. The van der Waals surface area contributed by atoms with Crippen LogP contribution in [-0.4, -0.2) is 16.2 Å². The monoisotopic (exact) mass is 217 g/mol. The van der Waals surface area contributed by atoms with Crippen molar-refractivity contribution in [3.05, 3.63) is 29.3 Å². The predicted octanol–water partition coefficient (Wildman–Crippen LogP) is 1.53. The van der Waals surface area contributed by atoms with Crippen LogP contribution in [0.5, 0.6) is 5.75 Å². The highest BCUT2D eigenvalue weighted by molar-refractivity contribution is 5.90. The van der Waals surface area contributed by atoms with Crippen molar-refractivity contribution in [3.8, 4) is 5.75 Å². The molecule has 0 unspecified atom stereocenters. The minimum Gasteiger partial charge on any atom is -0.507 e. The molecule has 1 aromatic carbocycles. The molecule has 5 heteroatoms. The van der Waals surface area contributed by atoms with E-state index in [1.165, 1.54) is 12.1 Å². The zero-order valence-corrected chi connectivity index (χ0v) is 8.41. The van der Waals surface area contributed by atoms with Gasteiger partial charge in [0.05, 0.1) is 0 Å². The van der Waals surface area contributed by atoms with E-state index in [0.29, 0.717) is 5.56 Å². The molecule has 0 saturated heterocycles. The third-order valence-electron chi connectivity index (χ3n) is 1.78. The molecular formula is C9H12ClNO3. The van der Waals surface area contributed by atoms with Gasteiger partial charge in [0.1, 0.15) is 11.3 Å². The minimum atomic E-state index is -1.15. The molecule has 0 radical (unpaired) electrons. The lowest BCUT2D eigenvalue weighted by Crippen LogP contribution is -2.06. The molecule has 0 amide bonds. The van der Waals surface area contributed by atoms with Crippen molar-refractivity contribution in [3.63, 3.8) is 0 Å². The summed E-state index contributed by atoms with van der Waals surface area (Å²) in [5.41, 5.74) is 6.13. The second-order valence-electron chi connectivity index (χ2n) is 2.87. The number of hydrogen-bond acceptors (Lipinski definition) is 3. The van der Waals surface area contributed by atoms with E-state index in [1.54, 1.807) is 13.0 Å². The first-order chi connectivity index (χ1) is 6.02. The molecule has 0 aromatic heterocycles. The Morgan fingerprint density at radius 1 is 1.50 bits per heavy atom. The molecule has 1 aromatic rings. The molecule has 78 valence electrons. The number of carboxylic acid groups (broad SMARTS) is 1. The van der Waals surface area contributed by atoms with E-state index < -0.39 is 5.97 Å². The standard InChI is InChI=1S/C9H11NO3.ClH/c1-5(10)6-2-3-8(11)7(4-6)9(12)13;/h2-5,11H,10H2,1H3,(H,12,13);1H/t5-;/m1./s1. The van der Waals surface area contributed by atoms with Crippen molar-refractivity contribution < 1.29 is 15.0 Å². The summed E-state index contributed by atoms with van der Waals surface area (Å²) >= 11 is 0. The van der Waals surface area contributed by atoms with E-state index in [9.17, 15) is 4.79 Å². The molecular weight excluding hydrogens is 206 g/mol. The third-order valence-corrected chi connectivity index (χ3v) is 1.78. The van der Waals surface area contributed by atoms with Gasteiger partial charge in [0.2, 0.25) is 0 Å². The molecule has 4 nitrogen and oxygen atoms in total. The van der Waals surface area contributed by atoms with Crippen LogP contribution in [0.4, 0.5) is 0 Å². The van der Waals surface area contributed by atoms with Crippen LogP contribution in [0.2, 0.25) is 0 Å². The SMILES string of the molecule is C[C@@H](N)c1ccc(O)c(C(=O)O)c1.Cl. The molecule has 0 saturated carbocycles. The zero-order valence-electron chi connectivity index (χ0n) is 7.60. The van der Waals surface area contributed by atoms with Crippen LogP contribution in [0.15, 0.2) is 18.2 Å². The predicted molar refractivity (Wildman–Crippen MR) is 54.9 cm³/mol. The Hall–Kier alpha value is -1.26. The van der Waals surface area contributed by atoms with E-state index >= 15 is 0 Å². The number of nitrogens with two attached hydrogens (primary N) is 1. The van der Waals surface area contributed by atoms with Crippen molar-refractivity contribution in [2.24, 2.45) is 5.73 Å². The van der Waals surface area contributed by atoms with Crippen LogP contribution in [0.1, 0.15) is 28.9 Å². The quantitative estimate of drug-likeness (QED) is 0.702. The second kappa shape index (κ2) is 4.83. The molecule has 0 aliphatic rings. The number of hydrogen-bond donors (Lipinski definition) is 3. The number of halogens is 1. The summed E-state index contributed by atoms with van der Waals surface area (Å²) in [7, 11) is 0. The fourth-order valence-electron chi connectivity index (χ4n) is 1.01. The number of phenols is 1. The fraction of sp³-hybridized carbons (Fsp3) is 0.222. The van der Waals surface area contributed by atoms with Gasteiger partial charge in [-0.1, -0.05) is 6.07 Å². The first-order valence-corrected chi connectivity index (χ1v) is 3.84. The average Bonchev–Trinajstić information content (AvgIpc) is 2.04. The first kappa shape index (κ1) is 12.7. The largest absolute Gasteiger partial charge is 0.507 e. The van der Waals surface area contributed by atoms with Crippen molar-refractivity contribution in [1.29, 1.82) is 0 Å². The Morgan fingerprint density at radius 2 is 2.07 bits per heavy atom. The topological polar surface area (TPSA) is 83.5 Å². The summed E-state index contributed by atoms with van der Waals surface area (Å²) in [6.07, 6.45) is 0. The molecule has 4 N–H and O–H groups in total. The highest BCUT2D eigenvalue weighted by Gasteiger charge is 2.11. The lowest BCUT2D eigenvalue weighted by molar-refractivity contribution is 0.0693. The van der Waals surface area contributed by atoms with Gasteiger partial charge in [0.15, 0.2) is 0 Å². The van der Waals surface area contributed by atoms with Gasteiger partial charge < -0.3 is 15.9 Å². The molecule has 0 aliphatic carbocycles. The van der Waals surface area contributed by atoms with E-state index in [-0.39, 0.29) is 29.8 Å². The molecule has 0 fully saturated rings. The van der Waals surface area contributed by atoms with Crippen LogP contribution >= 0.6 is 12.4 Å². The zero-order chi connectivity index (χ0) is 10.0. The van der Waals surface area contributed by atoms with Gasteiger partial charge in [0, 0.05) is 6.04 Å². The molecule has 0 spiro atoms. The number of aromatic hydroxyl groups is 1. The van der Waals surface area contributed by atoms with Crippen molar-refractivity contribution in [2.75, 3.05) is 0 Å². The van der Waals surface area contributed by atoms with Crippen LogP contribution in [0, 0.1) is 0 Å². The average molecular weight is 218 g/mol. The molecule has 1 atom stereocenters. The van der Waals surface area contributed by atoms with Gasteiger partial charge in [0.25, 0.3) is 0 Å². The summed E-state index contributed by atoms with van der Waals surface area (Å²) in [6, 6.07) is 4.08. The van der Waals surface area contributed by atoms with E-state index in [1.807, 2.05) is 0 Å². The summed E-state index contributed by atoms with van der Waals surface area (Å²) in [6.45, 7) is 1.75. The van der Waals surface area contributed by atoms with E-state index in [2.05, 4.69) is 0 Å². The Morgan fingerprint density at radius 3 is 2.50 bits per heavy atom. The summed E-state index contributed by atoms with van der Waals surface area (Å²) in [5, 5.41) is 17.8. The van der Waals surface area contributed by atoms with Crippen LogP contribution in [0.3, 0.4) is 0 Å². The molecule has 0 bridgehead atoms. The van der Waals surface area contributed by atoms with Crippen LogP contribution in [0.25, 0.3) is 0 Å². The number of aromatic carboxylic acids is 1. The smallest absolute Gasteiger partial charge is 0.339 e. The number of carboxylic acids is 1. The molecule has 1 rings (SSSR count). The Labute approximate surface area is 87.8 Å². The fourth-order valence-corrected chi connectivity index (χ4v) is 1.01. The highest BCUT2D eigenvalue weighted by Crippen LogP contribution is 2.21. The van der Waals surface area contributed by atoms with Crippen LogP contribution < -0.4 is 5.73 Å². The Balaban J connectivity index is 0.00000169. The van der Waals surface area contributed by atoms with Crippen LogP contribution in [-0.2, 0) is 0 Å². The number of carbonyl (C=O) groups is 1. The second-order valence-corrected chi connectivity index (χ2v) is 2.87. The maximum atomic E-state index is 10.6. The van der Waals surface area contributed by atoms with Gasteiger partial charge >= 0.3 is 5.97 Å². The summed E-state index contributed by atoms with van der Waals surface area (Å²) in [5.74, 6) is -1.39. The third kappa shape index (κ3) is 2.61. The van der Waals surface area contributed by atoms with Gasteiger partial charge in [-0.2, -0.15) is 0 Å². The normalized spacial score (nSPS) is 11.6. The van der Waals surface area contributed by atoms with Crippen molar-refractivity contribution in [2.45, 2.75) is 13.0 Å². The van der Waals surface area contributed by atoms with Gasteiger partial charge in [-0.05, 0) is 24.6 Å². The minimum absolute atomic E-state index is 0. The highest BCUT2D eigenvalue weighted by atomic mass is 35.5. The summed E-state index contributed by atoms with van der Waals surface area (Å²) < 4.78 is 0. The van der Waals surface area contributed by atoms with Gasteiger partial charge in [-0.3, -0.25) is 0 Å².